The van der Waals surface area contributed by atoms with Crippen LogP contribution in [0.1, 0.15) is 33.1 Å². The van der Waals surface area contributed by atoms with E-state index in [1.807, 2.05) is 14.0 Å². The highest BCUT2D eigenvalue weighted by Gasteiger charge is 2.41. The lowest BCUT2D eigenvalue weighted by Crippen LogP contribution is -2.32. The number of carbonyl (C=O) groups excluding carboxylic acids is 2. The lowest BCUT2D eigenvalue weighted by atomic mass is 9.89. The number of aryl methyl sites for hydroxylation is 2. The van der Waals surface area contributed by atoms with Crippen LogP contribution in [0.2, 0.25) is 0 Å². The Labute approximate surface area is 145 Å². The Balaban J connectivity index is 1.91. The molecule has 0 radical (unpaired) electrons. The number of hydrogen-bond acceptors (Lipinski definition) is 3. The first-order valence-corrected chi connectivity index (χ1v) is 8.12. The second kappa shape index (κ2) is 6.31. The van der Waals surface area contributed by atoms with E-state index in [0.717, 1.165) is 11.3 Å². The zero-order valence-electron chi connectivity index (χ0n) is 14.5. The maximum absolute atomic E-state index is 13.3. The molecule has 6 nitrogen and oxygen atoms in total. The van der Waals surface area contributed by atoms with Gasteiger partial charge in [-0.15, -0.1) is 0 Å². The topological polar surface area (TPSA) is 81.2 Å². The average molecular weight is 344 g/mol. The van der Waals surface area contributed by atoms with E-state index in [4.69, 9.17) is 5.73 Å². The lowest BCUT2D eigenvalue weighted by molar-refractivity contribution is -0.121. The molecule has 1 saturated heterocycles. The molecule has 1 aliphatic heterocycles. The molecule has 25 heavy (non-hydrogen) atoms. The maximum Gasteiger partial charge on any atom is 0.254 e. The minimum absolute atomic E-state index is 0.184. The fourth-order valence-corrected chi connectivity index (χ4v) is 3.49. The normalized spacial score (nSPS) is 20.1. The summed E-state index contributed by atoms with van der Waals surface area (Å²) in [5.74, 6) is -1.68. The molecule has 1 fully saturated rings. The van der Waals surface area contributed by atoms with E-state index in [0.29, 0.717) is 17.7 Å². The molecular formula is C18H21FN4O2. The van der Waals surface area contributed by atoms with Gasteiger partial charge in [0.15, 0.2) is 0 Å². The van der Waals surface area contributed by atoms with Crippen molar-refractivity contribution in [3.63, 3.8) is 0 Å². The average Bonchev–Trinajstić information content (AvgIpc) is 3.12. The van der Waals surface area contributed by atoms with E-state index in [1.165, 1.54) is 18.2 Å². The van der Waals surface area contributed by atoms with Gasteiger partial charge in [-0.1, -0.05) is 0 Å². The Bertz CT molecular complexity index is 846. The van der Waals surface area contributed by atoms with Crippen molar-refractivity contribution in [2.75, 3.05) is 13.1 Å². The molecule has 132 valence electrons. The molecule has 7 heteroatoms. The SMILES string of the molecule is Cc1cc(F)ccc1C(=O)N1C[C@H](C(N)=O)[C@@H](c2cnn(C)c2C)C1. The van der Waals surface area contributed by atoms with Crippen LogP contribution in [0.25, 0.3) is 0 Å². The van der Waals surface area contributed by atoms with Gasteiger partial charge >= 0.3 is 0 Å². The quantitative estimate of drug-likeness (QED) is 0.916. The van der Waals surface area contributed by atoms with Gasteiger partial charge in [-0.3, -0.25) is 14.3 Å². The summed E-state index contributed by atoms with van der Waals surface area (Å²) in [6.07, 6.45) is 1.73. The molecule has 0 bridgehead atoms. The first-order valence-electron chi connectivity index (χ1n) is 8.12. The fourth-order valence-electron chi connectivity index (χ4n) is 3.49. The summed E-state index contributed by atoms with van der Waals surface area (Å²) in [4.78, 5) is 26.4. The monoisotopic (exact) mass is 344 g/mol. The van der Waals surface area contributed by atoms with Crippen LogP contribution in [-0.4, -0.2) is 39.6 Å². The maximum atomic E-state index is 13.3. The summed E-state index contributed by atoms with van der Waals surface area (Å²) in [5.41, 5.74) is 8.46. The largest absolute Gasteiger partial charge is 0.369 e. The molecule has 2 amide bonds. The summed E-state index contributed by atoms with van der Waals surface area (Å²) in [7, 11) is 1.83. The van der Waals surface area contributed by atoms with Gasteiger partial charge in [0.05, 0.1) is 12.1 Å². The van der Waals surface area contributed by atoms with Gasteiger partial charge < -0.3 is 10.6 Å². The van der Waals surface area contributed by atoms with Gasteiger partial charge in [0, 0.05) is 37.3 Å². The molecule has 1 aromatic heterocycles. The molecule has 2 atom stereocenters. The van der Waals surface area contributed by atoms with Crippen molar-refractivity contribution in [2.45, 2.75) is 19.8 Å². The number of nitrogens with two attached hydrogens (primary N) is 1. The van der Waals surface area contributed by atoms with Crippen molar-refractivity contribution in [1.82, 2.24) is 14.7 Å². The predicted molar refractivity (Wildman–Crippen MR) is 90.4 cm³/mol. The Hall–Kier alpha value is -2.70. The number of nitrogens with zero attached hydrogens (tertiary/aromatic N) is 3. The third-order valence-corrected chi connectivity index (χ3v) is 5.06. The Kier molecular flexibility index (Phi) is 4.32. The molecule has 0 spiro atoms. The number of likely N-dealkylation sites (tertiary alicyclic amines) is 1. The molecule has 2 aromatic rings. The van der Waals surface area contributed by atoms with Crippen molar-refractivity contribution < 1.29 is 14.0 Å². The number of amides is 2. The number of halogens is 1. The zero-order chi connectivity index (χ0) is 18.3. The van der Waals surface area contributed by atoms with E-state index in [9.17, 15) is 14.0 Å². The van der Waals surface area contributed by atoms with Crippen LogP contribution in [-0.2, 0) is 11.8 Å². The van der Waals surface area contributed by atoms with Crippen molar-refractivity contribution in [2.24, 2.45) is 18.7 Å². The van der Waals surface area contributed by atoms with Crippen LogP contribution in [0.4, 0.5) is 4.39 Å². The van der Waals surface area contributed by atoms with Crippen LogP contribution in [0.5, 0.6) is 0 Å². The highest BCUT2D eigenvalue weighted by Crippen LogP contribution is 2.35. The van der Waals surface area contributed by atoms with Crippen molar-refractivity contribution >= 4 is 11.8 Å². The first kappa shape index (κ1) is 17.1. The van der Waals surface area contributed by atoms with Gasteiger partial charge in [0.2, 0.25) is 5.91 Å². The van der Waals surface area contributed by atoms with E-state index < -0.39 is 11.8 Å². The molecule has 1 aromatic carbocycles. The van der Waals surface area contributed by atoms with Gasteiger partial charge in [-0.25, -0.2) is 4.39 Å². The summed E-state index contributed by atoms with van der Waals surface area (Å²) < 4.78 is 15.0. The Morgan fingerprint density at radius 2 is 2.00 bits per heavy atom. The van der Waals surface area contributed by atoms with E-state index in [2.05, 4.69) is 5.10 Å². The Morgan fingerprint density at radius 3 is 2.56 bits per heavy atom. The van der Waals surface area contributed by atoms with Crippen molar-refractivity contribution in [3.05, 3.63) is 52.6 Å². The van der Waals surface area contributed by atoms with Crippen molar-refractivity contribution in [1.29, 1.82) is 0 Å². The molecule has 0 unspecified atom stereocenters. The smallest absolute Gasteiger partial charge is 0.254 e. The predicted octanol–water partition coefficient (Wildman–Crippen LogP) is 1.52. The van der Waals surface area contributed by atoms with Crippen LogP contribution in [0.15, 0.2) is 24.4 Å². The lowest BCUT2D eigenvalue weighted by Gasteiger charge is -2.17. The number of rotatable bonds is 3. The van der Waals surface area contributed by atoms with Gasteiger partial charge in [-0.2, -0.15) is 5.10 Å². The van der Waals surface area contributed by atoms with Gasteiger partial charge in [-0.05, 0) is 43.2 Å². The van der Waals surface area contributed by atoms with E-state index in [-0.39, 0.29) is 24.2 Å². The summed E-state index contributed by atoms with van der Waals surface area (Å²) in [6, 6.07) is 4.08. The third kappa shape index (κ3) is 3.01. The second-order valence-electron chi connectivity index (χ2n) is 6.59. The minimum atomic E-state index is -0.465. The minimum Gasteiger partial charge on any atom is -0.369 e. The van der Waals surface area contributed by atoms with Crippen LogP contribution in [0.3, 0.4) is 0 Å². The third-order valence-electron chi connectivity index (χ3n) is 5.06. The molecule has 0 saturated carbocycles. The molecule has 0 aliphatic carbocycles. The number of hydrogen-bond donors (Lipinski definition) is 1. The summed E-state index contributed by atoms with van der Waals surface area (Å²) in [6.45, 7) is 4.26. The molecule has 3 rings (SSSR count). The fraction of sp³-hybridized carbons (Fsp3) is 0.389. The highest BCUT2D eigenvalue weighted by atomic mass is 19.1. The standard InChI is InChI=1S/C18H21FN4O2/c1-10-6-12(19)4-5-13(10)18(25)23-8-15(16(9-23)17(20)24)14-7-21-22(3)11(14)2/h4-7,15-16H,8-9H2,1-3H3,(H2,20,24)/t15-,16+/m1/s1. The van der Waals surface area contributed by atoms with E-state index >= 15 is 0 Å². The van der Waals surface area contributed by atoms with Crippen LogP contribution < -0.4 is 5.73 Å². The number of primary amides is 1. The second-order valence-corrected chi connectivity index (χ2v) is 6.59. The molecule has 2 N–H and O–H groups in total. The van der Waals surface area contributed by atoms with Gasteiger partial charge in [0.25, 0.3) is 5.91 Å². The molecular weight excluding hydrogens is 323 g/mol. The number of aromatic nitrogens is 2. The van der Waals surface area contributed by atoms with Crippen LogP contribution >= 0.6 is 0 Å². The molecule has 2 heterocycles. The van der Waals surface area contributed by atoms with Crippen molar-refractivity contribution in [3.8, 4) is 0 Å². The summed E-state index contributed by atoms with van der Waals surface area (Å²) in [5, 5.41) is 4.23. The first-order chi connectivity index (χ1) is 11.8. The number of benzene rings is 1. The van der Waals surface area contributed by atoms with E-state index in [1.54, 1.807) is 22.7 Å². The summed E-state index contributed by atoms with van der Waals surface area (Å²) >= 11 is 0. The van der Waals surface area contributed by atoms with Crippen LogP contribution in [0, 0.1) is 25.6 Å². The highest BCUT2D eigenvalue weighted by molar-refractivity contribution is 5.96. The number of carbonyl (C=O) groups is 2. The molecule has 1 aliphatic rings. The van der Waals surface area contributed by atoms with Gasteiger partial charge in [0.1, 0.15) is 5.82 Å². The Morgan fingerprint density at radius 1 is 1.28 bits per heavy atom. The zero-order valence-corrected chi connectivity index (χ0v) is 14.5.